The lowest BCUT2D eigenvalue weighted by molar-refractivity contribution is -0.123. The Balaban J connectivity index is 1.80. The maximum atomic E-state index is 12.9. The molecule has 0 aromatic heterocycles. The summed E-state index contributed by atoms with van der Waals surface area (Å²) in [5, 5.41) is 1.08. The third-order valence-corrected chi connectivity index (χ3v) is 6.30. The lowest BCUT2D eigenvalue weighted by atomic mass is 10.2. The Morgan fingerprint density at radius 1 is 1.23 bits per heavy atom. The Morgan fingerprint density at radius 2 is 1.94 bits per heavy atom. The van der Waals surface area contributed by atoms with Crippen molar-refractivity contribution >= 4 is 68.8 Å². The number of methoxy groups -OCH3 is 2. The van der Waals surface area contributed by atoms with Crippen LogP contribution in [0.3, 0.4) is 0 Å². The van der Waals surface area contributed by atoms with E-state index in [1.807, 2.05) is 13.0 Å². The molecule has 2 aromatic rings. The molecule has 1 aliphatic heterocycles. The summed E-state index contributed by atoms with van der Waals surface area (Å²) < 4.78 is 17.2. The summed E-state index contributed by atoms with van der Waals surface area (Å²) in [7, 11) is 3.11. The van der Waals surface area contributed by atoms with Crippen LogP contribution in [0.15, 0.2) is 41.3 Å². The van der Waals surface area contributed by atoms with Crippen LogP contribution in [-0.4, -0.2) is 42.0 Å². The predicted molar refractivity (Wildman–Crippen MR) is 132 cm³/mol. The van der Waals surface area contributed by atoms with Crippen LogP contribution in [0.1, 0.15) is 22.8 Å². The van der Waals surface area contributed by atoms with Gasteiger partial charge in [-0.05, 0) is 89.8 Å². The van der Waals surface area contributed by atoms with E-state index < -0.39 is 11.8 Å². The fraction of sp³-hybridized carbons (Fsp3) is 0.190. The second-order valence-corrected chi connectivity index (χ2v) is 8.99. The molecule has 162 valence electrons. The third kappa shape index (κ3) is 5.31. The number of thioether (sulfide) groups is 1. The van der Waals surface area contributed by atoms with Gasteiger partial charge in [0.15, 0.2) is 15.8 Å². The number of halogens is 1. The minimum Gasteiger partial charge on any atom is -0.497 e. The number of benzene rings is 2. The molecular formula is C21H19IN2O5S2. The molecule has 0 bridgehead atoms. The fourth-order valence-electron chi connectivity index (χ4n) is 2.73. The highest BCUT2D eigenvalue weighted by molar-refractivity contribution is 14.1. The molecule has 0 spiro atoms. The summed E-state index contributed by atoms with van der Waals surface area (Å²) >= 11 is 8.57. The number of carbonyl (C=O) groups excluding carboxylic acids is 2. The standard InChI is InChI=1S/C21H19IN2O5S2/c1-4-29-18-15(22)9-12(10-16(18)28-3)11-17-20(26)24(21(30)31-17)23-19(25)13-5-7-14(27-2)8-6-13/h5-11H,4H2,1-3H3,(H,23,25)/b17-11+. The number of thiocarbonyl (C=S) groups is 1. The molecule has 2 amide bonds. The third-order valence-electron chi connectivity index (χ3n) is 4.20. The molecular weight excluding hydrogens is 551 g/mol. The van der Waals surface area contributed by atoms with E-state index in [0.717, 1.165) is 25.9 Å². The Kier molecular flexibility index (Phi) is 7.79. The van der Waals surface area contributed by atoms with Gasteiger partial charge in [-0.2, -0.15) is 5.01 Å². The molecule has 7 nitrogen and oxygen atoms in total. The molecule has 1 saturated heterocycles. The number of rotatable bonds is 7. The normalized spacial score (nSPS) is 14.7. The molecule has 0 unspecified atom stereocenters. The predicted octanol–water partition coefficient (Wildman–Crippen LogP) is 4.25. The van der Waals surface area contributed by atoms with E-state index in [0.29, 0.717) is 34.3 Å². The van der Waals surface area contributed by atoms with Crippen molar-refractivity contribution in [1.29, 1.82) is 0 Å². The van der Waals surface area contributed by atoms with Crippen LogP contribution in [0.4, 0.5) is 0 Å². The van der Waals surface area contributed by atoms with E-state index in [4.69, 9.17) is 26.4 Å². The number of nitrogens with one attached hydrogen (secondary N) is 1. The van der Waals surface area contributed by atoms with Gasteiger partial charge >= 0.3 is 0 Å². The first-order valence-corrected chi connectivity index (χ1v) is 11.4. The minimum absolute atomic E-state index is 0.241. The highest BCUT2D eigenvalue weighted by atomic mass is 127. The van der Waals surface area contributed by atoms with Crippen molar-refractivity contribution in [3.63, 3.8) is 0 Å². The molecule has 3 rings (SSSR count). The second kappa shape index (κ2) is 10.3. The number of hydrazine groups is 1. The van der Waals surface area contributed by atoms with Gasteiger partial charge in [0.1, 0.15) is 5.75 Å². The van der Waals surface area contributed by atoms with Crippen molar-refractivity contribution in [3.8, 4) is 17.2 Å². The van der Waals surface area contributed by atoms with Gasteiger partial charge in [0.2, 0.25) is 0 Å². The average molecular weight is 570 g/mol. The monoisotopic (exact) mass is 570 g/mol. The Bertz CT molecular complexity index is 1060. The van der Waals surface area contributed by atoms with E-state index in [9.17, 15) is 9.59 Å². The van der Waals surface area contributed by atoms with Crippen molar-refractivity contribution in [2.45, 2.75) is 6.92 Å². The molecule has 1 fully saturated rings. The highest BCUT2D eigenvalue weighted by Gasteiger charge is 2.34. The van der Waals surface area contributed by atoms with Gasteiger partial charge in [0.05, 0.1) is 29.3 Å². The van der Waals surface area contributed by atoms with Crippen LogP contribution in [0.2, 0.25) is 0 Å². The Hall–Kier alpha value is -2.31. The molecule has 0 saturated carbocycles. The molecule has 1 aliphatic rings. The van der Waals surface area contributed by atoms with Gasteiger partial charge in [0.25, 0.3) is 11.8 Å². The number of hydrogen-bond donors (Lipinski definition) is 1. The maximum absolute atomic E-state index is 12.9. The molecule has 0 atom stereocenters. The maximum Gasteiger partial charge on any atom is 0.285 e. The molecule has 1 heterocycles. The van der Waals surface area contributed by atoms with Crippen molar-refractivity contribution < 1.29 is 23.8 Å². The summed E-state index contributed by atoms with van der Waals surface area (Å²) in [6.45, 7) is 2.41. The molecule has 0 radical (unpaired) electrons. The first-order valence-electron chi connectivity index (χ1n) is 9.11. The Labute approximate surface area is 203 Å². The summed E-state index contributed by atoms with van der Waals surface area (Å²) in [6, 6.07) is 10.2. The van der Waals surface area contributed by atoms with Crippen LogP contribution in [0, 0.1) is 3.57 Å². The second-order valence-electron chi connectivity index (χ2n) is 6.15. The zero-order valence-corrected chi connectivity index (χ0v) is 20.7. The van der Waals surface area contributed by atoms with Crippen LogP contribution >= 0.6 is 46.6 Å². The van der Waals surface area contributed by atoms with E-state index in [1.54, 1.807) is 50.6 Å². The highest BCUT2D eigenvalue weighted by Crippen LogP contribution is 2.37. The van der Waals surface area contributed by atoms with Crippen molar-refractivity contribution in [2.24, 2.45) is 0 Å². The van der Waals surface area contributed by atoms with E-state index >= 15 is 0 Å². The number of ether oxygens (including phenoxy) is 3. The van der Waals surface area contributed by atoms with Gasteiger partial charge in [-0.15, -0.1) is 0 Å². The van der Waals surface area contributed by atoms with Gasteiger partial charge < -0.3 is 14.2 Å². The SMILES string of the molecule is CCOc1c(I)cc(/C=C2/SC(=S)N(NC(=O)c3ccc(OC)cc3)C2=O)cc1OC. The summed E-state index contributed by atoms with van der Waals surface area (Å²) in [4.78, 5) is 25.8. The van der Waals surface area contributed by atoms with Gasteiger partial charge in [-0.1, -0.05) is 11.8 Å². The van der Waals surface area contributed by atoms with Crippen LogP contribution in [-0.2, 0) is 4.79 Å². The summed E-state index contributed by atoms with van der Waals surface area (Å²) in [5.41, 5.74) is 3.70. The number of carbonyl (C=O) groups is 2. The van der Waals surface area contributed by atoms with Crippen LogP contribution < -0.4 is 19.6 Å². The first kappa shape index (κ1) is 23.4. The smallest absolute Gasteiger partial charge is 0.285 e. The number of hydrogen-bond acceptors (Lipinski definition) is 7. The lowest BCUT2D eigenvalue weighted by Gasteiger charge is -2.15. The first-order chi connectivity index (χ1) is 14.9. The topological polar surface area (TPSA) is 77.1 Å². The van der Waals surface area contributed by atoms with E-state index in [1.165, 1.54) is 0 Å². The molecule has 0 aliphatic carbocycles. The van der Waals surface area contributed by atoms with Crippen LogP contribution in [0.5, 0.6) is 17.2 Å². The Morgan fingerprint density at radius 3 is 2.55 bits per heavy atom. The summed E-state index contributed by atoms with van der Waals surface area (Å²) in [6.07, 6.45) is 1.71. The molecule has 31 heavy (non-hydrogen) atoms. The largest absolute Gasteiger partial charge is 0.497 e. The zero-order chi connectivity index (χ0) is 22.5. The van der Waals surface area contributed by atoms with E-state index in [2.05, 4.69) is 28.0 Å². The van der Waals surface area contributed by atoms with Gasteiger partial charge in [0, 0.05) is 5.56 Å². The minimum atomic E-state index is -0.447. The number of amides is 2. The lowest BCUT2D eigenvalue weighted by Crippen LogP contribution is -2.44. The molecule has 1 N–H and O–H groups in total. The molecule has 10 heteroatoms. The van der Waals surface area contributed by atoms with Gasteiger partial charge in [-0.3, -0.25) is 15.0 Å². The van der Waals surface area contributed by atoms with Gasteiger partial charge in [-0.25, -0.2) is 0 Å². The quantitative estimate of drug-likeness (QED) is 0.303. The molecule has 2 aromatic carbocycles. The van der Waals surface area contributed by atoms with Crippen LogP contribution in [0.25, 0.3) is 6.08 Å². The van der Waals surface area contributed by atoms with Crippen molar-refractivity contribution in [1.82, 2.24) is 10.4 Å². The number of nitrogens with zero attached hydrogens (tertiary/aromatic N) is 1. The zero-order valence-electron chi connectivity index (χ0n) is 16.9. The van der Waals surface area contributed by atoms with E-state index in [-0.39, 0.29) is 4.32 Å². The fourth-order valence-corrected chi connectivity index (χ4v) is 4.69. The van der Waals surface area contributed by atoms with Crippen molar-refractivity contribution in [2.75, 3.05) is 20.8 Å². The summed E-state index contributed by atoms with van der Waals surface area (Å²) in [5.74, 6) is 1.01. The average Bonchev–Trinajstić information content (AvgIpc) is 3.02. The van der Waals surface area contributed by atoms with Crippen molar-refractivity contribution in [3.05, 3.63) is 56.0 Å².